The zero-order valence-electron chi connectivity index (χ0n) is 13.4. The summed E-state index contributed by atoms with van der Waals surface area (Å²) in [6.07, 6.45) is 3.63. The molecule has 1 N–H and O–H groups in total. The second-order valence-electron chi connectivity index (χ2n) is 6.35. The standard InChI is InChI=1S/C18H24N2OS/c1-3-14-6-8-15(9-7-14)17-16(22-18(21)19-17)12-20-10-4-5-13(2)11-20/h6-9,13H,3-5,10-12H2,1-2H3,(H,19,21). The average Bonchev–Trinajstić information content (AvgIpc) is 2.88. The van der Waals surface area contributed by atoms with Crippen LogP contribution in [0.2, 0.25) is 0 Å². The van der Waals surface area contributed by atoms with Crippen LogP contribution >= 0.6 is 11.3 Å². The minimum atomic E-state index is 0.0506. The van der Waals surface area contributed by atoms with Gasteiger partial charge in [0.25, 0.3) is 0 Å². The number of thiazole rings is 1. The van der Waals surface area contributed by atoms with Crippen molar-refractivity contribution in [3.05, 3.63) is 44.4 Å². The zero-order chi connectivity index (χ0) is 15.5. The highest BCUT2D eigenvalue weighted by molar-refractivity contribution is 7.09. The molecule has 1 fully saturated rings. The van der Waals surface area contributed by atoms with Crippen molar-refractivity contribution in [3.8, 4) is 11.3 Å². The lowest BCUT2D eigenvalue weighted by molar-refractivity contribution is 0.178. The van der Waals surface area contributed by atoms with E-state index in [2.05, 4.69) is 48.0 Å². The third-order valence-corrected chi connectivity index (χ3v) is 5.35. The maximum Gasteiger partial charge on any atom is 0.305 e. The number of hydrogen-bond acceptors (Lipinski definition) is 3. The Labute approximate surface area is 136 Å². The molecule has 3 rings (SSSR count). The summed E-state index contributed by atoms with van der Waals surface area (Å²) >= 11 is 1.36. The minimum Gasteiger partial charge on any atom is -0.312 e. The molecule has 1 aromatic carbocycles. The molecule has 1 aliphatic heterocycles. The summed E-state index contributed by atoms with van der Waals surface area (Å²) < 4.78 is 0. The van der Waals surface area contributed by atoms with Crippen LogP contribution in [0.3, 0.4) is 0 Å². The largest absolute Gasteiger partial charge is 0.312 e. The van der Waals surface area contributed by atoms with E-state index in [0.717, 1.165) is 43.2 Å². The van der Waals surface area contributed by atoms with Crippen molar-refractivity contribution >= 4 is 11.3 Å². The van der Waals surface area contributed by atoms with E-state index in [9.17, 15) is 4.79 Å². The summed E-state index contributed by atoms with van der Waals surface area (Å²) in [7, 11) is 0. The van der Waals surface area contributed by atoms with Gasteiger partial charge in [0.05, 0.1) is 5.69 Å². The van der Waals surface area contributed by atoms with Crippen molar-refractivity contribution in [1.82, 2.24) is 9.88 Å². The van der Waals surface area contributed by atoms with Crippen molar-refractivity contribution in [3.63, 3.8) is 0 Å². The Morgan fingerprint density at radius 2 is 2.09 bits per heavy atom. The molecule has 3 nitrogen and oxygen atoms in total. The summed E-state index contributed by atoms with van der Waals surface area (Å²) in [6, 6.07) is 8.55. The highest BCUT2D eigenvalue weighted by Gasteiger charge is 2.19. The van der Waals surface area contributed by atoms with Crippen LogP contribution in [0.15, 0.2) is 29.1 Å². The van der Waals surface area contributed by atoms with E-state index in [1.54, 1.807) is 0 Å². The van der Waals surface area contributed by atoms with E-state index in [0.29, 0.717) is 0 Å². The molecule has 1 aromatic heterocycles. The number of aromatic amines is 1. The topological polar surface area (TPSA) is 36.1 Å². The number of nitrogens with zero attached hydrogens (tertiary/aromatic N) is 1. The van der Waals surface area contributed by atoms with Gasteiger partial charge in [0.1, 0.15) is 0 Å². The molecule has 0 bridgehead atoms. The predicted molar refractivity (Wildman–Crippen MR) is 93.4 cm³/mol. The van der Waals surface area contributed by atoms with Crippen LogP contribution in [0, 0.1) is 5.92 Å². The fourth-order valence-corrected chi connectivity index (χ4v) is 4.14. The number of rotatable bonds is 4. The SMILES string of the molecule is CCc1ccc(-c2[nH]c(=O)sc2CN2CCCC(C)C2)cc1. The third kappa shape index (κ3) is 3.50. The molecule has 1 saturated heterocycles. The lowest BCUT2D eigenvalue weighted by atomic mass is 10.00. The minimum absolute atomic E-state index is 0.0506. The van der Waals surface area contributed by atoms with Crippen LogP contribution in [0.1, 0.15) is 37.1 Å². The molecular weight excluding hydrogens is 292 g/mol. The van der Waals surface area contributed by atoms with Crippen molar-refractivity contribution in [2.75, 3.05) is 13.1 Å². The van der Waals surface area contributed by atoms with E-state index in [-0.39, 0.29) is 4.87 Å². The third-order valence-electron chi connectivity index (χ3n) is 4.48. The van der Waals surface area contributed by atoms with Crippen LogP contribution in [0.25, 0.3) is 11.3 Å². The summed E-state index contributed by atoms with van der Waals surface area (Å²) in [5, 5.41) is 0. The quantitative estimate of drug-likeness (QED) is 0.928. The van der Waals surface area contributed by atoms with Crippen molar-refractivity contribution < 1.29 is 0 Å². The normalized spacial score (nSPS) is 19.5. The molecule has 4 heteroatoms. The van der Waals surface area contributed by atoms with Gasteiger partial charge in [0.2, 0.25) is 0 Å². The summed E-state index contributed by atoms with van der Waals surface area (Å²) in [5.74, 6) is 0.761. The molecule has 1 atom stereocenters. The molecular formula is C18H24N2OS. The zero-order valence-corrected chi connectivity index (χ0v) is 14.2. The van der Waals surface area contributed by atoms with E-state index < -0.39 is 0 Å². The molecule has 0 spiro atoms. The van der Waals surface area contributed by atoms with Gasteiger partial charge in [-0.15, -0.1) is 0 Å². The lowest BCUT2D eigenvalue weighted by Crippen LogP contribution is -2.33. The molecule has 1 unspecified atom stereocenters. The van der Waals surface area contributed by atoms with Crippen LogP contribution in [0.4, 0.5) is 0 Å². The first kappa shape index (κ1) is 15.5. The Balaban J connectivity index is 1.84. The first-order valence-corrected chi connectivity index (χ1v) is 9.01. The molecule has 22 heavy (non-hydrogen) atoms. The average molecular weight is 316 g/mol. The Bertz CT molecular complexity index is 671. The van der Waals surface area contributed by atoms with Crippen molar-refractivity contribution in [1.29, 1.82) is 0 Å². The van der Waals surface area contributed by atoms with Gasteiger partial charge in [-0.1, -0.05) is 49.4 Å². The van der Waals surface area contributed by atoms with Gasteiger partial charge in [-0.3, -0.25) is 9.69 Å². The van der Waals surface area contributed by atoms with Crippen LogP contribution < -0.4 is 4.87 Å². The van der Waals surface area contributed by atoms with Gasteiger partial charge in [-0.05, 0) is 42.9 Å². The van der Waals surface area contributed by atoms with Gasteiger partial charge in [0, 0.05) is 18.0 Å². The first-order valence-electron chi connectivity index (χ1n) is 8.19. The molecule has 118 valence electrons. The molecule has 2 heterocycles. The van der Waals surface area contributed by atoms with E-state index in [1.165, 1.54) is 34.6 Å². The maximum atomic E-state index is 11.9. The number of H-pyrrole nitrogens is 1. The second kappa shape index (κ2) is 6.80. The number of benzene rings is 1. The number of nitrogens with one attached hydrogen (secondary N) is 1. The molecule has 0 aliphatic carbocycles. The van der Waals surface area contributed by atoms with Crippen LogP contribution in [-0.4, -0.2) is 23.0 Å². The van der Waals surface area contributed by atoms with E-state index in [1.807, 2.05) is 0 Å². The molecule has 1 aliphatic rings. The van der Waals surface area contributed by atoms with Crippen LogP contribution in [-0.2, 0) is 13.0 Å². The maximum absolute atomic E-state index is 11.9. The lowest BCUT2D eigenvalue weighted by Gasteiger charge is -2.30. The predicted octanol–water partition coefficient (Wildman–Crippen LogP) is 3.90. The van der Waals surface area contributed by atoms with Crippen molar-refractivity contribution in [2.24, 2.45) is 5.92 Å². The van der Waals surface area contributed by atoms with Gasteiger partial charge in [-0.25, -0.2) is 0 Å². The Morgan fingerprint density at radius 3 is 2.77 bits per heavy atom. The molecule has 0 amide bonds. The number of aryl methyl sites for hydroxylation is 1. The fraction of sp³-hybridized carbons (Fsp3) is 0.500. The Hall–Kier alpha value is -1.39. The van der Waals surface area contributed by atoms with Gasteiger partial charge in [-0.2, -0.15) is 0 Å². The van der Waals surface area contributed by atoms with Gasteiger partial charge >= 0.3 is 4.87 Å². The number of likely N-dealkylation sites (tertiary alicyclic amines) is 1. The van der Waals surface area contributed by atoms with Crippen LogP contribution in [0.5, 0.6) is 0 Å². The molecule has 0 radical (unpaired) electrons. The van der Waals surface area contributed by atoms with Gasteiger partial charge in [0.15, 0.2) is 0 Å². The molecule has 2 aromatic rings. The number of piperidine rings is 1. The highest BCUT2D eigenvalue weighted by Crippen LogP contribution is 2.26. The Morgan fingerprint density at radius 1 is 1.32 bits per heavy atom. The smallest absolute Gasteiger partial charge is 0.305 e. The van der Waals surface area contributed by atoms with Crippen molar-refractivity contribution in [2.45, 2.75) is 39.7 Å². The van der Waals surface area contributed by atoms with E-state index in [4.69, 9.17) is 0 Å². The number of hydrogen-bond donors (Lipinski definition) is 1. The van der Waals surface area contributed by atoms with E-state index >= 15 is 0 Å². The number of aromatic nitrogens is 1. The summed E-state index contributed by atoms with van der Waals surface area (Å²) in [4.78, 5) is 18.6. The molecule has 0 saturated carbocycles. The highest BCUT2D eigenvalue weighted by atomic mass is 32.1. The Kier molecular flexibility index (Phi) is 4.79. The summed E-state index contributed by atoms with van der Waals surface area (Å²) in [6.45, 7) is 7.64. The van der Waals surface area contributed by atoms with Gasteiger partial charge < -0.3 is 4.98 Å². The monoisotopic (exact) mass is 316 g/mol. The fourth-order valence-electron chi connectivity index (χ4n) is 3.25. The summed E-state index contributed by atoms with van der Waals surface area (Å²) in [5.41, 5.74) is 3.46. The first-order chi connectivity index (χ1) is 10.7. The second-order valence-corrected chi connectivity index (χ2v) is 7.41.